The summed E-state index contributed by atoms with van der Waals surface area (Å²) >= 11 is 0. The Bertz CT molecular complexity index is 962. The smallest absolute Gasteiger partial charge is 0.0279 e. The van der Waals surface area contributed by atoms with Crippen molar-refractivity contribution in [1.29, 1.82) is 0 Å². The van der Waals surface area contributed by atoms with Gasteiger partial charge in [-0.05, 0) is 33.4 Å². The standard InChI is InChI=1S/C27H22/c1-21-13-11-12-20-25(21)27(24-18-9-4-10-19-24)26(22-14-5-2-6-15-22)23-16-7-3-8-17-23/h2-20,25H,1H2. The summed E-state index contributed by atoms with van der Waals surface area (Å²) in [5, 5.41) is 0. The number of rotatable bonds is 4. The van der Waals surface area contributed by atoms with Crippen LogP contribution in [0.4, 0.5) is 0 Å². The van der Waals surface area contributed by atoms with Crippen LogP contribution < -0.4 is 0 Å². The summed E-state index contributed by atoms with van der Waals surface area (Å²) in [7, 11) is 0. The van der Waals surface area contributed by atoms with Crippen LogP contribution in [0.15, 0.2) is 127 Å². The molecule has 0 heteroatoms. The molecule has 0 heterocycles. The molecule has 0 amide bonds. The fourth-order valence-corrected chi connectivity index (χ4v) is 3.65. The molecule has 0 spiro atoms. The van der Waals surface area contributed by atoms with Crippen LogP contribution in [-0.2, 0) is 0 Å². The van der Waals surface area contributed by atoms with E-state index in [2.05, 4.69) is 122 Å². The molecule has 0 aliphatic heterocycles. The van der Waals surface area contributed by atoms with Gasteiger partial charge >= 0.3 is 0 Å². The molecule has 0 N–H and O–H groups in total. The highest BCUT2D eigenvalue weighted by atomic mass is 14.3. The first-order valence-electron chi connectivity index (χ1n) is 9.28. The Morgan fingerprint density at radius 1 is 0.593 bits per heavy atom. The van der Waals surface area contributed by atoms with Crippen molar-refractivity contribution in [3.63, 3.8) is 0 Å². The highest BCUT2D eigenvalue weighted by Crippen LogP contribution is 2.40. The van der Waals surface area contributed by atoms with Gasteiger partial charge in [-0.2, -0.15) is 0 Å². The zero-order valence-corrected chi connectivity index (χ0v) is 15.3. The van der Waals surface area contributed by atoms with Gasteiger partial charge in [0.1, 0.15) is 0 Å². The molecular formula is C27H22. The van der Waals surface area contributed by atoms with Crippen molar-refractivity contribution in [3.05, 3.63) is 144 Å². The number of hydrogen-bond acceptors (Lipinski definition) is 0. The second kappa shape index (κ2) is 7.88. The molecule has 1 aliphatic carbocycles. The molecule has 27 heavy (non-hydrogen) atoms. The Hall–Kier alpha value is -3.38. The first-order valence-corrected chi connectivity index (χ1v) is 9.28. The zero-order valence-electron chi connectivity index (χ0n) is 15.3. The maximum atomic E-state index is 4.34. The van der Waals surface area contributed by atoms with Crippen molar-refractivity contribution in [1.82, 2.24) is 0 Å². The Morgan fingerprint density at radius 2 is 1.07 bits per heavy atom. The van der Waals surface area contributed by atoms with Gasteiger partial charge in [-0.1, -0.05) is 122 Å². The van der Waals surface area contributed by atoms with Crippen LogP contribution in [-0.4, -0.2) is 0 Å². The third-order valence-corrected chi connectivity index (χ3v) is 4.91. The summed E-state index contributed by atoms with van der Waals surface area (Å²) < 4.78 is 0. The number of allylic oxidation sites excluding steroid dienone is 6. The van der Waals surface area contributed by atoms with E-state index in [0.717, 1.165) is 5.57 Å². The van der Waals surface area contributed by atoms with Gasteiger partial charge in [0.15, 0.2) is 0 Å². The zero-order chi connectivity index (χ0) is 18.5. The van der Waals surface area contributed by atoms with E-state index in [1.165, 1.54) is 27.8 Å². The summed E-state index contributed by atoms with van der Waals surface area (Å²) in [4.78, 5) is 0. The van der Waals surface area contributed by atoms with Crippen LogP contribution >= 0.6 is 0 Å². The maximum Gasteiger partial charge on any atom is 0.0279 e. The second-order valence-corrected chi connectivity index (χ2v) is 6.68. The first kappa shape index (κ1) is 17.1. The molecule has 0 bridgehead atoms. The van der Waals surface area contributed by atoms with E-state index in [1.807, 2.05) is 0 Å². The molecule has 0 fully saturated rings. The predicted molar refractivity (Wildman–Crippen MR) is 116 cm³/mol. The lowest BCUT2D eigenvalue weighted by Crippen LogP contribution is -2.08. The SMILES string of the molecule is C=C1C=CC=CC1C(=C(c1ccccc1)c1ccccc1)c1ccccc1. The second-order valence-electron chi connectivity index (χ2n) is 6.68. The molecule has 0 nitrogen and oxygen atoms in total. The normalized spacial score (nSPS) is 15.6. The highest BCUT2D eigenvalue weighted by molar-refractivity contribution is 6.00. The van der Waals surface area contributed by atoms with Gasteiger partial charge in [-0.25, -0.2) is 0 Å². The van der Waals surface area contributed by atoms with Crippen LogP contribution in [0.3, 0.4) is 0 Å². The molecule has 3 aromatic rings. The van der Waals surface area contributed by atoms with Gasteiger partial charge in [0, 0.05) is 5.92 Å². The van der Waals surface area contributed by atoms with Crippen molar-refractivity contribution in [3.8, 4) is 0 Å². The third-order valence-electron chi connectivity index (χ3n) is 4.91. The minimum atomic E-state index is 0.146. The summed E-state index contributed by atoms with van der Waals surface area (Å²) in [6.45, 7) is 4.34. The average molecular weight is 346 g/mol. The lowest BCUT2D eigenvalue weighted by atomic mass is 9.78. The van der Waals surface area contributed by atoms with Gasteiger partial charge in [-0.3, -0.25) is 0 Å². The van der Waals surface area contributed by atoms with E-state index < -0.39 is 0 Å². The van der Waals surface area contributed by atoms with E-state index in [9.17, 15) is 0 Å². The lowest BCUT2D eigenvalue weighted by molar-refractivity contribution is 1.02. The fraction of sp³-hybridized carbons (Fsp3) is 0.0370. The minimum Gasteiger partial charge on any atom is -0.0949 e. The van der Waals surface area contributed by atoms with Gasteiger partial charge < -0.3 is 0 Å². The minimum absolute atomic E-state index is 0.146. The van der Waals surface area contributed by atoms with Crippen molar-refractivity contribution in [2.75, 3.05) is 0 Å². The molecule has 0 saturated heterocycles. The van der Waals surface area contributed by atoms with Crippen LogP contribution in [0.5, 0.6) is 0 Å². The maximum absolute atomic E-state index is 4.34. The fourth-order valence-electron chi connectivity index (χ4n) is 3.65. The van der Waals surface area contributed by atoms with Gasteiger partial charge in [0.05, 0.1) is 0 Å². The Kier molecular flexibility index (Phi) is 4.98. The molecule has 1 unspecified atom stereocenters. The van der Waals surface area contributed by atoms with E-state index in [1.54, 1.807) is 0 Å². The lowest BCUT2D eigenvalue weighted by Gasteiger charge is -2.25. The summed E-state index contributed by atoms with van der Waals surface area (Å²) in [6.07, 6.45) is 8.54. The van der Waals surface area contributed by atoms with Gasteiger partial charge in [0.25, 0.3) is 0 Å². The molecular weight excluding hydrogens is 324 g/mol. The molecule has 0 saturated carbocycles. The highest BCUT2D eigenvalue weighted by Gasteiger charge is 2.22. The monoisotopic (exact) mass is 346 g/mol. The Labute approximate surface area is 161 Å². The molecule has 3 aromatic carbocycles. The van der Waals surface area contributed by atoms with E-state index in [4.69, 9.17) is 0 Å². The van der Waals surface area contributed by atoms with Crippen LogP contribution in [0.25, 0.3) is 11.1 Å². The molecule has 0 radical (unpaired) electrons. The summed E-state index contributed by atoms with van der Waals surface area (Å²) in [5.41, 5.74) is 7.33. The van der Waals surface area contributed by atoms with Crippen molar-refractivity contribution in [2.45, 2.75) is 0 Å². The number of benzene rings is 3. The molecule has 130 valence electrons. The Balaban J connectivity index is 2.05. The van der Waals surface area contributed by atoms with Crippen molar-refractivity contribution < 1.29 is 0 Å². The molecule has 1 aliphatic rings. The van der Waals surface area contributed by atoms with Crippen molar-refractivity contribution >= 4 is 11.1 Å². The third kappa shape index (κ3) is 3.61. The summed E-state index contributed by atoms with van der Waals surface area (Å²) in [6, 6.07) is 32.0. The predicted octanol–water partition coefficient (Wildman–Crippen LogP) is 6.94. The summed E-state index contributed by atoms with van der Waals surface area (Å²) in [5.74, 6) is 0.146. The van der Waals surface area contributed by atoms with Crippen molar-refractivity contribution in [2.24, 2.45) is 5.92 Å². The quantitative estimate of drug-likeness (QED) is 0.449. The van der Waals surface area contributed by atoms with E-state index >= 15 is 0 Å². The first-order chi connectivity index (χ1) is 13.3. The van der Waals surface area contributed by atoms with E-state index in [0.29, 0.717) is 0 Å². The molecule has 1 atom stereocenters. The molecule has 0 aromatic heterocycles. The number of hydrogen-bond donors (Lipinski definition) is 0. The van der Waals surface area contributed by atoms with Crippen LogP contribution in [0.1, 0.15) is 16.7 Å². The van der Waals surface area contributed by atoms with Crippen LogP contribution in [0, 0.1) is 5.92 Å². The average Bonchev–Trinajstić information content (AvgIpc) is 2.74. The topological polar surface area (TPSA) is 0 Å². The van der Waals surface area contributed by atoms with Gasteiger partial charge in [0.2, 0.25) is 0 Å². The Morgan fingerprint density at radius 3 is 1.56 bits per heavy atom. The van der Waals surface area contributed by atoms with E-state index in [-0.39, 0.29) is 5.92 Å². The largest absolute Gasteiger partial charge is 0.0949 e. The van der Waals surface area contributed by atoms with Crippen LogP contribution in [0.2, 0.25) is 0 Å². The molecule has 4 rings (SSSR count). The van der Waals surface area contributed by atoms with Gasteiger partial charge in [-0.15, -0.1) is 0 Å².